The summed E-state index contributed by atoms with van der Waals surface area (Å²) in [5.74, 6) is 0.508. The van der Waals surface area contributed by atoms with Gasteiger partial charge in [0.15, 0.2) is 6.61 Å². The van der Waals surface area contributed by atoms with Gasteiger partial charge in [0.05, 0.1) is 5.69 Å². The molecule has 0 aromatic heterocycles. The second-order valence-corrected chi connectivity index (χ2v) is 4.47. The van der Waals surface area contributed by atoms with Crippen molar-refractivity contribution in [3.8, 4) is 5.75 Å². The Balaban J connectivity index is 2.25. The third kappa shape index (κ3) is 2.47. The van der Waals surface area contributed by atoms with Gasteiger partial charge in [0.1, 0.15) is 5.75 Å². The summed E-state index contributed by atoms with van der Waals surface area (Å²) < 4.78 is 5.28. The summed E-state index contributed by atoms with van der Waals surface area (Å²) in [5.41, 5.74) is 7.65. The molecule has 1 aliphatic rings. The highest BCUT2D eigenvalue weighted by Crippen LogP contribution is 2.32. The molecule has 2 rings (SSSR count). The Hall–Kier alpha value is -1.59. The van der Waals surface area contributed by atoms with E-state index in [-0.39, 0.29) is 31.1 Å². The Bertz CT molecular complexity index is 444. The third-order valence-corrected chi connectivity index (χ3v) is 3.29. The number of benzene rings is 1. The molecular weight excluding hydrogens is 232 g/mol. The van der Waals surface area contributed by atoms with Crippen LogP contribution >= 0.6 is 0 Å². The molecule has 1 amide bonds. The van der Waals surface area contributed by atoms with Gasteiger partial charge in [-0.05, 0) is 24.1 Å². The van der Waals surface area contributed by atoms with Gasteiger partial charge in [0, 0.05) is 18.6 Å². The number of carbonyl (C=O) groups is 1. The summed E-state index contributed by atoms with van der Waals surface area (Å²) in [5, 5.41) is 12.0. The number of nitrogens with one attached hydrogen (secondary N) is 1. The maximum absolute atomic E-state index is 11.2. The molecule has 0 radical (unpaired) electrons. The van der Waals surface area contributed by atoms with E-state index < -0.39 is 0 Å². The van der Waals surface area contributed by atoms with Gasteiger partial charge < -0.3 is 20.9 Å². The van der Waals surface area contributed by atoms with Gasteiger partial charge in [-0.3, -0.25) is 4.79 Å². The largest absolute Gasteiger partial charge is 0.482 e. The lowest BCUT2D eigenvalue weighted by molar-refractivity contribution is -0.118. The zero-order chi connectivity index (χ0) is 13.1. The molecular formula is C13H18N2O3. The molecule has 5 nitrogen and oxygen atoms in total. The highest BCUT2D eigenvalue weighted by molar-refractivity contribution is 5.95. The van der Waals surface area contributed by atoms with E-state index in [4.69, 9.17) is 10.5 Å². The van der Waals surface area contributed by atoms with Crippen molar-refractivity contribution in [3.63, 3.8) is 0 Å². The van der Waals surface area contributed by atoms with Crippen LogP contribution in [0.4, 0.5) is 5.69 Å². The molecule has 2 atom stereocenters. The molecule has 2 unspecified atom stereocenters. The predicted octanol–water partition coefficient (Wildman–Crippen LogP) is 1.04. The first-order valence-electron chi connectivity index (χ1n) is 6.08. The van der Waals surface area contributed by atoms with Crippen LogP contribution in [0.5, 0.6) is 5.75 Å². The first kappa shape index (κ1) is 12.9. The Labute approximate surface area is 106 Å². The maximum Gasteiger partial charge on any atom is 0.262 e. The lowest BCUT2D eigenvalue weighted by atomic mass is 9.92. The highest BCUT2D eigenvalue weighted by atomic mass is 16.5. The molecule has 18 heavy (non-hydrogen) atoms. The van der Waals surface area contributed by atoms with Crippen molar-refractivity contribution >= 4 is 11.6 Å². The number of amides is 1. The van der Waals surface area contributed by atoms with Crippen LogP contribution in [0.3, 0.4) is 0 Å². The van der Waals surface area contributed by atoms with Gasteiger partial charge in [0.2, 0.25) is 0 Å². The minimum absolute atomic E-state index is 0.0169. The average Bonchev–Trinajstić information content (AvgIpc) is 2.39. The number of ether oxygens (including phenoxy) is 1. The quantitative estimate of drug-likeness (QED) is 0.745. The summed E-state index contributed by atoms with van der Waals surface area (Å²) in [4.78, 5) is 11.2. The van der Waals surface area contributed by atoms with Crippen molar-refractivity contribution < 1.29 is 14.6 Å². The number of carbonyl (C=O) groups excluding carboxylic acids is 1. The molecule has 5 heteroatoms. The van der Waals surface area contributed by atoms with E-state index in [0.717, 1.165) is 12.0 Å². The molecule has 98 valence electrons. The van der Waals surface area contributed by atoms with E-state index in [9.17, 15) is 9.90 Å². The molecule has 0 bridgehead atoms. The number of fused-ring (bicyclic) bond motifs is 1. The molecule has 1 aliphatic heterocycles. The molecule has 4 N–H and O–H groups in total. The van der Waals surface area contributed by atoms with E-state index in [1.807, 2.05) is 19.1 Å². The van der Waals surface area contributed by atoms with Gasteiger partial charge in [-0.25, -0.2) is 0 Å². The van der Waals surface area contributed by atoms with E-state index in [1.54, 1.807) is 6.07 Å². The number of hydrogen-bond acceptors (Lipinski definition) is 4. The topological polar surface area (TPSA) is 84.6 Å². The van der Waals surface area contributed by atoms with Gasteiger partial charge in [-0.2, -0.15) is 0 Å². The van der Waals surface area contributed by atoms with Crippen LogP contribution in [0.25, 0.3) is 0 Å². The minimum atomic E-state index is -0.246. The SMILES string of the molecule is CCC(CO)C(N)c1ccc2c(c1)NC(=O)CO2. The molecule has 0 saturated heterocycles. The third-order valence-electron chi connectivity index (χ3n) is 3.29. The number of nitrogens with two attached hydrogens (primary N) is 1. The van der Waals surface area contributed by atoms with Crippen LogP contribution in [0, 0.1) is 5.92 Å². The van der Waals surface area contributed by atoms with Gasteiger partial charge in [-0.1, -0.05) is 13.0 Å². The molecule has 0 aliphatic carbocycles. The first-order valence-corrected chi connectivity index (χ1v) is 6.08. The molecule has 0 spiro atoms. The Morgan fingerprint density at radius 3 is 3.00 bits per heavy atom. The van der Waals surface area contributed by atoms with Crippen molar-refractivity contribution in [1.82, 2.24) is 0 Å². The lowest BCUT2D eigenvalue weighted by Gasteiger charge is -2.23. The standard InChI is InChI=1S/C13H18N2O3/c1-2-8(6-16)13(14)9-3-4-11-10(5-9)15-12(17)7-18-11/h3-5,8,13,16H,2,6-7,14H2,1H3,(H,15,17). The fourth-order valence-electron chi connectivity index (χ4n) is 2.08. The number of aliphatic hydroxyl groups is 1. The molecule has 0 fully saturated rings. The van der Waals surface area contributed by atoms with E-state index in [0.29, 0.717) is 11.4 Å². The Kier molecular flexibility index (Phi) is 3.84. The average molecular weight is 250 g/mol. The molecule has 0 saturated carbocycles. The summed E-state index contributed by atoms with van der Waals surface area (Å²) >= 11 is 0. The van der Waals surface area contributed by atoms with Crippen LogP contribution < -0.4 is 15.8 Å². The number of aliphatic hydroxyl groups excluding tert-OH is 1. The van der Waals surface area contributed by atoms with Crippen LogP contribution in [-0.4, -0.2) is 24.2 Å². The minimum Gasteiger partial charge on any atom is -0.482 e. The fraction of sp³-hybridized carbons (Fsp3) is 0.462. The van der Waals surface area contributed by atoms with E-state index >= 15 is 0 Å². The van der Waals surface area contributed by atoms with Crippen molar-refractivity contribution in [3.05, 3.63) is 23.8 Å². The molecule has 1 aromatic rings. The summed E-state index contributed by atoms with van der Waals surface area (Å²) in [6.45, 7) is 2.09. The van der Waals surface area contributed by atoms with Crippen molar-refractivity contribution in [2.75, 3.05) is 18.5 Å². The Morgan fingerprint density at radius 1 is 1.56 bits per heavy atom. The number of rotatable bonds is 4. The van der Waals surface area contributed by atoms with Gasteiger partial charge in [-0.15, -0.1) is 0 Å². The monoisotopic (exact) mass is 250 g/mol. The van der Waals surface area contributed by atoms with Gasteiger partial charge in [0.25, 0.3) is 5.91 Å². The second-order valence-electron chi connectivity index (χ2n) is 4.47. The van der Waals surface area contributed by atoms with E-state index in [1.165, 1.54) is 0 Å². The zero-order valence-electron chi connectivity index (χ0n) is 10.3. The summed E-state index contributed by atoms with van der Waals surface area (Å²) in [7, 11) is 0. The van der Waals surface area contributed by atoms with Crippen LogP contribution in [0.15, 0.2) is 18.2 Å². The predicted molar refractivity (Wildman–Crippen MR) is 68.4 cm³/mol. The van der Waals surface area contributed by atoms with Crippen molar-refractivity contribution in [2.45, 2.75) is 19.4 Å². The summed E-state index contributed by atoms with van der Waals surface area (Å²) in [6.07, 6.45) is 0.803. The van der Waals surface area contributed by atoms with Crippen molar-refractivity contribution in [2.24, 2.45) is 11.7 Å². The smallest absolute Gasteiger partial charge is 0.262 e. The first-order chi connectivity index (χ1) is 8.65. The lowest BCUT2D eigenvalue weighted by Crippen LogP contribution is -2.27. The molecule has 1 heterocycles. The van der Waals surface area contributed by atoms with Crippen LogP contribution in [0.2, 0.25) is 0 Å². The second kappa shape index (κ2) is 5.37. The summed E-state index contributed by atoms with van der Waals surface area (Å²) in [6, 6.07) is 5.24. The maximum atomic E-state index is 11.2. The van der Waals surface area contributed by atoms with Crippen molar-refractivity contribution in [1.29, 1.82) is 0 Å². The molecule has 1 aromatic carbocycles. The number of hydrogen-bond donors (Lipinski definition) is 3. The van der Waals surface area contributed by atoms with Crippen LogP contribution in [0.1, 0.15) is 24.9 Å². The van der Waals surface area contributed by atoms with E-state index in [2.05, 4.69) is 5.32 Å². The normalized spacial score (nSPS) is 17.4. The number of anilines is 1. The fourth-order valence-corrected chi connectivity index (χ4v) is 2.08. The zero-order valence-corrected chi connectivity index (χ0v) is 10.3. The highest BCUT2D eigenvalue weighted by Gasteiger charge is 2.21. The Morgan fingerprint density at radius 2 is 2.33 bits per heavy atom. The van der Waals surface area contributed by atoms with Gasteiger partial charge >= 0.3 is 0 Å². The van der Waals surface area contributed by atoms with Crippen LogP contribution in [-0.2, 0) is 4.79 Å².